The maximum Gasteiger partial charge on any atom is 0.254 e. The highest BCUT2D eigenvalue weighted by Gasteiger charge is 2.49. The van der Waals surface area contributed by atoms with Gasteiger partial charge >= 0.3 is 0 Å². The second-order valence-electron chi connectivity index (χ2n) is 8.34. The molecule has 31 heavy (non-hydrogen) atoms. The average Bonchev–Trinajstić information content (AvgIpc) is 2.77. The van der Waals surface area contributed by atoms with Crippen LogP contribution in [0.4, 0.5) is 0 Å². The van der Waals surface area contributed by atoms with Gasteiger partial charge in [-0.2, -0.15) is 0 Å². The summed E-state index contributed by atoms with van der Waals surface area (Å²) in [5, 5.41) is 19.5. The molecule has 2 saturated heterocycles. The van der Waals surface area contributed by atoms with Gasteiger partial charge in [-0.05, 0) is 56.1 Å². The van der Waals surface area contributed by atoms with E-state index in [1.165, 1.54) is 0 Å². The lowest BCUT2D eigenvalue weighted by Crippen LogP contribution is -2.67. The van der Waals surface area contributed by atoms with Gasteiger partial charge in [-0.25, -0.2) is 0 Å². The van der Waals surface area contributed by atoms with Crippen LogP contribution in [0, 0.1) is 11.8 Å². The number of hydrogen-bond donors (Lipinski definition) is 2. The molecule has 6 nitrogen and oxygen atoms in total. The summed E-state index contributed by atoms with van der Waals surface area (Å²) in [7, 11) is 0. The van der Waals surface area contributed by atoms with E-state index in [2.05, 4.69) is 33.9 Å². The van der Waals surface area contributed by atoms with Crippen molar-refractivity contribution in [1.82, 2.24) is 14.8 Å². The van der Waals surface area contributed by atoms with Crippen LogP contribution in [0.25, 0.3) is 0 Å². The first-order chi connectivity index (χ1) is 15.1. The highest BCUT2D eigenvalue weighted by molar-refractivity contribution is 5.94. The molecule has 1 aromatic heterocycles. The van der Waals surface area contributed by atoms with Crippen molar-refractivity contribution >= 4 is 5.91 Å². The zero-order valence-corrected chi connectivity index (χ0v) is 17.8. The van der Waals surface area contributed by atoms with E-state index >= 15 is 0 Å². The van der Waals surface area contributed by atoms with Crippen molar-refractivity contribution in [3.63, 3.8) is 0 Å². The normalized spacial score (nSPS) is 24.6. The highest BCUT2D eigenvalue weighted by atomic mass is 16.3. The molecule has 2 aromatic rings. The predicted octanol–water partition coefficient (Wildman–Crippen LogP) is 1.88. The zero-order chi connectivity index (χ0) is 21.8. The van der Waals surface area contributed by atoms with Gasteiger partial charge in [-0.1, -0.05) is 24.0 Å². The Morgan fingerprint density at radius 3 is 2.55 bits per heavy atom. The van der Waals surface area contributed by atoms with Gasteiger partial charge in [0.15, 0.2) is 0 Å². The molecular weight excluding hydrogens is 390 g/mol. The topological polar surface area (TPSA) is 76.9 Å². The van der Waals surface area contributed by atoms with Crippen molar-refractivity contribution < 1.29 is 15.0 Å². The van der Waals surface area contributed by atoms with Crippen LogP contribution in [0.3, 0.4) is 0 Å². The summed E-state index contributed by atoms with van der Waals surface area (Å²) in [5.74, 6) is 5.93. The van der Waals surface area contributed by atoms with Crippen molar-refractivity contribution in [3.8, 4) is 11.8 Å². The summed E-state index contributed by atoms with van der Waals surface area (Å²) in [6.07, 6.45) is 4.61. The van der Waals surface area contributed by atoms with Crippen molar-refractivity contribution in [2.45, 2.75) is 43.9 Å². The fourth-order valence-corrected chi connectivity index (χ4v) is 4.78. The number of pyridine rings is 1. The van der Waals surface area contributed by atoms with Gasteiger partial charge in [-0.15, -0.1) is 0 Å². The molecule has 2 N–H and O–H groups in total. The standard InChI is InChI=1S/C25H29N3O3/c1-18(30)4-5-19-6-8-20(9-7-19)24-22-16-27(25(31)21-10-12-26-13-11-21)14-2-3-15-28(22)23(24)17-29/h6-13,18,22-24,29-30H,2-3,14-17H2,1H3/t18-,22+,23+,24+/m0/s1. The van der Waals surface area contributed by atoms with E-state index in [0.29, 0.717) is 12.1 Å². The summed E-state index contributed by atoms with van der Waals surface area (Å²) >= 11 is 0. The van der Waals surface area contributed by atoms with Crippen LogP contribution >= 0.6 is 0 Å². The van der Waals surface area contributed by atoms with Crippen LogP contribution in [-0.4, -0.2) is 75.3 Å². The van der Waals surface area contributed by atoms with Crippen LogP contribution in [0.1, 0.15) is 47.2 Å². The molecule has 162 valence electrons. The molecule has 2 fully saturated rings. The summed E-state index contributed by atoms with van der Waals surface area (Å²) in [6.45, 7) is 4.08. The van der Waals surface area contributed by atoms with Crippen molar-refractivity contribution in [2.24, 2.45) is 0 Å². The number of aliphatic hydroxyl groups excluding tert-OH is 2. The lowest BCUT2D eigenvalue weighted by molar-refractivity contribution is -0.0606. The molecular formula is C25H29N3O3. The molecule has 4 atom stereocenters. The van der Waals surface area contributed by atoms with Crippen LogP contribution in [0.2, 0.25) is 0 Å². The number of carbonyl (C=O) groups is 1. The van der Waals surface area contributed by atoms with E-state index in [1.54, 1.807) is 31.5 Å². The van der Waals surface area contributed by atoms with E-state index < -0.39 is 6.10 Å². The van der Waals surface area contributed by atoms with Crippen LogP contribution in [0.5, 0.6) is 0 Å². The molecule has 0 unspecified atom stereocenters. The summed E-state index contributed by atoms with van der Waals surface area (Å²) in [6, 6.07) is 11.8. The molecule has 4 rings (SSSR count). The summed E-state index contributed by atoms with van der Waals surface area (Å²) in [4.78, 5) is 21.4. The molecule has 1 amide bonds. The predicted molar refractivity (Wildman–Crippen MR) is 118 cm³/mol. The number of carbonyl (C=O) groups excluding carboxylic acids is 1. The Balaban J connectivity index is 1.56. The van der Waals surface area contributed by atoms with Gasteiger partial charge in [-0.3, -0.25) is 14.7 Å². The highest BCUT2D eigenvalue weighted by Crippen LogP contribution is 2.42. The number of aromatic nitrogens is 1. The molecule has 0 aliphatic carbocycles. The number of fused-ring (bicyclic) bond motifs is 1. The smallest absolute Gasteiger partial charge is 0.254 e. The Kier molecular flexibility index (Phi) is 6.67. The maximum atomic E-state index is 13.1. The fraction of sp³-hybridized carbons (Fsp3) is 0.440. The Bertz CT molecular complexity index is 949. The lowest BCUT2D eigenvalue weighted by atomic mass is 9.74. The fourth-order valence-electron chi connectivity index (χ4n) is 4.78. The third-order valence-electron chi connectivity index (χ3n) is 6.31. The molecule has 0 saturated carbocycles. The second-order valence-corrected chi connectivity index (χ2v) is 8.34. The average molecular weight is 420 g/mol. The molecule has 2 aliphatic rings. The summed E-state index contributed by atoms with van der Waals surface area (Å²) in [5.41, 5.74) is 2.67. The van der Waals surface area contributed by atoms with Crippen LogP contribution in [0.15, 0.2) is 48.8 Å². The van der Waals surface area contributed by atoms with Gasteiger partial charge < -0.3 is 15.1 Å². The molecule has 6 heteroatoms. The van der Waals surface area contributed by atoms with Gasteiger partial charge in [0.25, 0.3) is 5.91 Å². The first-order valence-electron chi connectivity index (χ1n) is 10.9. The molecule has 0 bridgehead atoms. The minimum Gasteiger partial charge on any atom is -0.395 e. The van der Waals surface area contributed by atoms with Crippen molar-refractivity contribution in [2.75, 3.05) is 26.2 Å². The third kappa shape index (κ3) is 4.64. The number of benzene rings is 1. The zero-order valence-electron chi connectivity index (χ0n) is 17.8. The Morgan fingerprint density at radius 2 is 1.87 bits per heavy atom. The second kappa shape index (κ2) is 9.61. The van der Waals surface area contributed by atoms with Gasteiger partial charge in [0.05, 0.1) is 6.61 Å². The lowest BCUT2D eigenvalue weighted by Gasteiger charge is -2.57. The number of nitrogens with zero attached hydrogens (tertiary/aromatic N) is 3. The quantitative estimate of drug-likeness (QED) is 0.743. The number of amides is 1. The minimum absolute atomic E-state index is 0.0409. The maximum absolute atomic E-state index is 13.1. The molecule has 1 aromatic carbocycles. The third-order valence-corrected chi connectivity index (χ3v) is 6.31. The SMILES string of the molecule is C[C@H](O)C#Cc1ccc([C@H]2[C@@H](CO)N3CCCCN(C(=O)c4ccncc4)C[C@H]23)cc1. The Hall–Kier alpha value is -2.72. The summed E-state index contributed by atoms with van der Waals surface area (Å²) < 4.78 is 0. The monoisotopic (exact) mass is 419 g/mol. The molecule has 0 spiro atoms. The minimum atomic E-state index is -0.655. The number of hydrogen-bond acceptors (Lipinski definition) is 5. The van der Waals surface area contributed by atoms with Crippen molar-refractivity contribution in [1.29, 1.82) is 0 Å². The molecule has 3 heterocycles. The van der Waals surface area contributed by atoms with E-state index in [4.69, 9.17) is 0 Å². The first-order valence-corrected chi connectivity index (χ1v) is 10.9. The van der Waals surface area contributed by atoms with E-state index in [-0.39, 0.29) is 30.5 Å². The van der Waals surface area contributed by atoms with Crippen LogP contribution < -0.4 is 0 Å². The van der Waals surface area contributed by atoms with Crippen LogP contribution in [-0.2, 0) is 0 Å². The molecule has 2 aliphatic heterocycles. The Morgan fingerprint density at radius 1 is 1.16 bits per heavy atom. The largest absolute Gasteiger partial charge is 0.395 e. The first kappa shape index (κ1) is 21.5. The van der Waals surface area contributed by atoms with E-state index in [1.807, 2.05) is 17.0 Å². The van der Waals surface area contributed by atoms with Gasteiger partial charge in [0.1, 0.15) is 6.10 Å². The Labute approximate surface area is 183 Å². The number of rotatable bonds is 3. The molecule has 0 radical (unpaired) electrons. The van der Waals surface area contributed by atoms with E-state index in [9.17, 15) is 15.0 Å². The van der Waals surface area contributed by atoms with E-state index in [0.717, 1.165) is 37.1 Å². The van der Waals surface area contributed by atoms with Gasteiger partial charge in [0, 0.05) is 54.6 Å². The van der Waals surface area contributed by atoms with Crippen molar-refractivity contribution in [3.05, 3.63) is 65.5 Å². The number of aliphatic hydroxyl groups is 2. The van der Waals surface area contributed by atoms with Gasteiger partial charge in [0.2, 0.25) is 0 Å².